The monoisotopic (exact) mass is 281 g/mol. The molecule has 0 spiro atoms. The van der Waals surface area contributed by atoms with E-state index in [2.05, 4.69) is 13.8 Å². The lowest BCUT2D eigenvalue weighted by Gasteiger charge is -2.32. The van der Waals surface area contributed by atoms with Crippen LogP contribution in [0.1, 0.15) is 51.5 Å². The summed E-state index contributed by atoms with van der Waals surface area (Å²) in [5, 5.41) is 0. The molecular formula is C15H23NO2S. The smallest absolute Gasteiger partial charge is 0.207 e. The highest BCUT2D eigenvalue weighted by Gasteiger charge is 2.30. The Bertz CT molecular complexity index is 520. The molecular weight excluding hydrogens is 258 g/mol. The lowest BCUT2D eigenvalue weighted by molar-refractivity contribution is 0.268. The minimum atomic E-state index is -3.32. The summed E-state index contributed by atoms with van der Waals surface area (Å²) in [6.07, 6.45) is 3.05. The molecule has 1 aliphatic heterocycles. The van der Waals surface area contributed by atoms with Crippen LogP contribution in [0.3, 0.4) is 0 Å². The van der Waals surface area contributed by atoms with Gasteiger partial charge in [0.05, 0.1) is 4.90 Å². The quantitative estimate of drug-likeness (QED) is 0.852. The van der Waals surface area contributed by atoms with Crippen LogP contribution in [0, 0.1) is 0 Å². The summed E-state index contributed by atoms with van der Waals surface area (Å²) in [5.41, 5.74) is 1.17. The highest BCUT2D eigenvalue weighted by molar-refractivity contribution is 7.89. The largest absolute Gasteiger partial charge is 0.243 e. The third-order valence-electron chi connectivity index (χ3n) is 3.90. The second-order valence-corrected chi connectivity index (χ2v) is 7.57. The number of hydrogen-bond acceptors (Lipinski definition) is 2. The first kappa shape index (κ1) is 14.5. The summed E-state index contributed by atoms with van der Waals surface area (Å²) in [7, 11) is -3.32. The van der Waals surface area contributed by atoms with Crippen LogP contribution in [0.25, 0.3) is 0 Å². The van der Waals surface area contributed by atoms with E-state index in [-0.39, 0.29) is 6.04 Å². The highest BCUT2D eigenvalue weighted by atomic mass is 32.2. The number of rotatable bonds is 3. The molecule has 0 radical (unpaired) electrons. The molecule has 1 saturated heterocycles. The molecule has 106 valence electrons. The fourth-order valence-electron chi connectivity index (χ4n) is 2.59. The second-order valence-electron chi connectivity index (χ2n) is 5.68. The van der Waals surface area contributed by atoms with Gasteiger partial charge < -0.3 is 0 Å². The Morgan fingerprint density at radius 1 is 1.16 bits per heavy atom. The van der Waals surface area contributed by atoms with Crippen molar-refractivity contribution >= 4 is 10.0 Å². The average Bonchev–Trinajstić information content (AvgIpc) is 2.39. The lowest BCUT2D eigenvalue weighted by atomic mass is 10.0. The van der Waals surface area contributed by atoms with E-state index in [1.807, 2.05) is 19.1 Å². The van der Waals surface area contributed by atoms with E-state index < -0.39 is 10.0 Å². The maximum Gasteiger partial charge on any atom is 0.243 e. The van der Waals surface area contributed by atoms with Crippen LogP contribution in [0.4, 0.5) is 0 Å². The van der Waals surface area contributed by atoms with Gasteiger partial charge in [0.1, 0.15) is 0 Å². The van der Waals surface area contributed by atoms with Gasteiger partial charge in [-0.05, 0) is 43.4 Å². The fourth-order valence-corrected chi connectivity index (χ4v) is 4.29. The Labute approximate surface area is 116 Å². The molecule has 1 unspecified atom stereocenters. The Kier molecular flexibility index (Phi) is 4.31. The molecule has 0 saturated carbocycles. The third-order valence-corrected chi connectivity index (χ3v) is 5.92. The van der Waals surface area contributed by atoms with E-state index in [0.29, 0.717) is 17.4 Å². The molecule has 3 nitrogen and oxygen atoms in total. The van der Waals surface area contributed by atoms with Crippen molar-refractivity contribution in [1.82, 2.24) is 4.31 Å². The first-order chi connectivity index (χ1) is 8.93. The van der Waals surface area contributed by atoms with Crippen LogP contribution < -0.4 is 0 Å². The van der Waals surface area contributed by atoms with Crippen molar-refractivity contribution in [1.29, 1.82) is 0 Å². The third kappa shape index (κ3) is 3.00. The number of piperidine rings is 1. The van der Waals surface area contributed by atoms with Gasteiger partial charge in [0.25, 0.3) is 0 Å². The van der Waals surface area contributed by atoms with E-state index in [4.69, 9.17) is 0 Å². The summed E-state index contributed by atoms with van der Waals surface area (Å²) >= 11 is 0. The molecule has 1 aromatic carbocycles. The number of sulfonamides is 1. The van der Waals surface area contributed by atoms with Crippen LogP contribution in [0.2, 0.25) is 0 Å². The maximum atomic E-state index is 12.6. The minimum Gasteiger partial charge on any atom is -0.207 e. The van der Waals surface area contributed by atoms with Crippen molar-refractivity contribution in [3.05, 3.63) is 29.8 Å². The van der Waals surface area contributed by atoms with Gasteiger partial charge in [-0.3, -0.25) is 0 Å². The fraction of sp³-hybridized carbons (Fsp3) is 0.600. The Morgan fingerprint density at radius 3 is 2.32 bits per heavy atom. The number of nitrogens with zero attached hydrogens (tertiary/aromatic N) is 1. The molecule has 1 aromatic rings. The van der Waals surface area contributed by atoms with Gasteiger partial charge in [-0.25, -0.2) is 8.42 Å². The second kappa shape index (κ2) is 5.63. The van der Waals surface area contributed by atoms with E-state index in [1.165, 1.54) is 5.56 Å². The van der Waals surface area contributed by atoms with Crippen LogP contribution >= 0.6 is 0 Å². The van der Waals surface area contributed by atoms with Crippen molar-refractivity contribution in [2.24, 2.45) is 0 Å². The summed E-state index contributed by atoms with van der Waals surface area (Å²) in [5.74, 6) is 0.422. The first-order valence-electron chi connectivity index (χ1n) is 7.04. The van der Waals surface area contributed by atoms with Crippen molar-refractivity contribution in [3.63, 3.8) is 0 Å². The van der Waals surface area contributed by atoms with E-state index in [1.54, 1.807) is 16.4 Å². The summed E-state index contributed by atoms with van der Waals surface area (Å²) in [6.45, 7) is 6.86. The Hall–Kier alpha value is -0.870. The predicted molar refractivity (Wildman–Crippen MR) is 77.7 cm³/mol. The molecule has 0 aliphatic carbocycles. The van der Waals surface area contributed by atoms with Crippen molar-refractivity contribution in [2.75, 3.05) is 6.54 Å². The molecule has 1 heterocycles. The molecule has 0 amide bonds. The Balaban J connectivity index is 2.28. The van der Waals surface area contributed by atoms with E-state index in [9.17, 15) is 8.42 Å². The van der Waals surface area contributed by atoms with Gasteiger partial charge in [0.2, 0.25) is 10.0 Å². The van der Waals surface area contributed by atoms with Crippen LogP contribution in [-0.4, -0.2) is 25.3 Å². The molecule has 0 bridgehead atoms. The van der Waals surface area contributed by atoms with Gasteiger partial charge in [0.15, 0.2) is 0 Å². The molecule has 1 aliphatic rings. The molecule has 0 N–H and O–H groups in total. The van der Waals surface area contributed by atoms with Crippen molar-refractivity contribution in [3.8, 4) is 0 Å². The molecule has 19 heavy (non-hydrogen) atoms. The zero-order valence-electron chi connectivity index (χ0n) is 12.0. The normalized spacial score (nSPS) is 21.8. The molecule has 2 rings (SSSR count). The van der Waals surface area contributed by atoms with Crippen molar-refractivity contribution in [2.45, 2.75) is 56.9 Å². The van der Waals surface area contributed by atoms with Gasteiger partial charge in [0, 0.05) is 12.6 Å². The SMILES string of the molecule is CC(C)c1ccc(S(=O)(=O)N2CCCCC2C)cc1. The number of benzene rings is 1. The molecule has 1 fully saturated rings. The maximum absolute atomic E-state index is 12.6. The first-order valence-corrected chi connectivity index (χ1v) is 8.48. The van der Waals surface area contributed by atoms with Gasteiger partial charge in [-0.15, -0.1) is 0 Å². The lowest BCUT2D eigenvalue weighted by Crippen LogP contribution is -2.41. The average molecular weight is 281 g/mol. The van der Waals surface area contributed by atoms with E-state index >= 15 is 0 Å². The molecule has 1 atom stereocenters. The molecule has 4 heteroatoms. The summed E-state index contributed by atoms with van der Waals surface area (Å²) < 4.78 is 26.9. The number of hydrogen-bond donors (Lipinski definition) is 0. The summed E-state index contributed by atoms with van der Waals surface area (Å²) in [4.78, 5) is 0.422. The topological polar surface area (TPSA) is 37.4 Å². The van der Waals surface area contributed by atoms with Crippen molar-refractivity contribution < 1.29 is 8.42 Å². The van der Waals surface area contributed by atoms with Crippen LogP contribution in [0.5, 0.6) is 0 Å². The minimum absolute atomic E-state index is 0.114. The van der Waals surface area contributed by atoms with Gasteiger partial charge >= 0.3 is 0 Å². The highest BCUT2D eigenvalue weighted by Crippen LogP contribution is 2.26. The van der Waals surface area contributed by atoms with E-state index in [0.717, 1.165) is 19.3 Å². The standard InChI is InChI=1S/C15H23NO2S/c1-12(2)14-7-9-15(10-8-14)19(17,18)16-11-5-4-6-13(16)3/h7-10,12-13H,4-6,11H2,1-3H3. The zero-order valence-corrected chi connectivity index (χ0v) is 12.8. The van der Waals surface area contributed by atoms with Gasteiger partial charge in [-0.1, -0.05) is 32.4 Å². The van der Waals surface area contributed by atoms with Crippen LogP contribution in [0.15, 0.2) is 29.2 Å². The Morgan fingerprint density at radius 2 is 1.79 bits per heavy atom. The zero-order chi connectivity index (χ0) is 14.0. The molecule has 0 aromatic heterocycles. The van der Waals surface area contributed by atoms with Crippen LogP contribution in [-0.2, 0) is 10.0 Å². The summed E-state index contributed by atoms with van der Waals surface area (Å²) in [6, 6.07) is 7.44. The van der Waals surface area contributed by atoms with Gasteiger partial charge in [-0.2, -0.15) is 4.31 Å². The predicted octanol–water partition coefficient (Wildman–Crippen LogP) is 3.37.